The Morgan fingerprint density at radius 1 is 1.29 bits per heavy atom. The van der Waals surface area contributed by atoms with Crippen molar-refractivity contribution in [2.75, 3.05) is 5.32 Å². The number of halogens is 2. The van der Waals surface area contributed by atoms with Crippen molar-refractivity contribution in [3.8, 4) is 0 Å². The van der Waals surface area contributed by atoms with Crippen LogP contribution in [0, 0.1) is 15.9 Å². The van der Waals surface area contributed by atoms with E-state index in [0.29, 0.717) is 10.7 Å². The number of nitro benzene ring substituents is 1. The topological polar surface area (TPSA) is 55.2 Å². The molecule has 0 heterocycles. The van der Waals surface area contributed by atoms with Gasteiger partial charge in [0.1, 0.15) is 5.82 Å². The molecule has 3 rings (SSSR count). The monoisotopic (exact) mass is 306 g/mol. The van der Waals surface area contributed by atoms with E-state index in [2.05, 4.69) is 5.32 Å². The second-order valence-electron chi connectivity index (χ2n) is 5.00. The zero-order chi connectivity index (χ0) is 15.0. The SMILES string of the molecule is O=[N+]([O-])c1ccc(NC2CCc3cc(F)ccc32)c(Cl)c1. The summed E-state index contributed by atoms with van der Waals surface area (Å²) in [5, 5.41) is 14.3. The molecule has 108 valence electrons. The van der Waals surface area contributed by atoms with E-state index in [1.54, 1.807) is 18.2 Å². The summed E-state index contributed by atoms with van der Waals surface area (Å²) in [6.07, 6.45) is 1.64. The van der Waals surface area contributed by atoms with Gasteiger partial charge in [0.2, 0.25) is 0 Å². The van der Waals surface area contributed by atoms with Crippen molar-refractivity contribution in [1.82, 2.24) is 0 Å². The lowest BCUT2D eigenvalue weighted by atomic mass is 10.1. The minimum absolute atomic E-state index is 0.0413. The Morgan fingerprint density at radius 3 is 2.81 bits per heavy atom. The van der Waals surface area contributed by atoms with Crippen molar-refractivity contribution >= 4 is 23.0 Å². The van der Waals surface area contributed by atoms with Crippen molar-refractivity contribution in [2.45, 2.75) is 18.9 Å². The van der Waals surface area contributed by atoms with Crippen LogP contribution >= 0.6 is 11.6 Å². The summed E-state index contributed by atoms with van der Waals surface area (Å²) in [6.45, 7) is 0. The van der Waals surface area contributed by atoms with Gasteiger partial charge in [-0.1, -0.05) is 17.7 Å². The van der Waals surface area contributed by atoms with Crippen molar-refractivity contribution < 1.29 is 9.31 Å². The van der Waals surface area contributed by atoms with Gasteiger partial charge in [0, 0.05) is 12.1 Å². The number of benzene rings is 2. The van der Waals surface area contributed by atoms with Gasteiger partial charge in [0.05, 0.1) is 21.7 Å². The van der Waals surface area contributed by atoms with Crippen molar-refractivity contribution in [2.24, 2.45) is 0 Å². The maximum Gasteiger partial charge on any atom is 0.271 e. The van der Waals surface area contributed by atoms with E-state index in [0.717, 1.165) is 24.0 Å². The molecule has 1 N–H and O–H groups in total. The molecule has 6 heteroatoms. The summed E-state index contributed by atoms with van der Waals surface area (Å²) in [5.74, 6) is -0.234. The molecular weight excluding hydrogens is 295 g/mol. The minimum atomic E-state index is -0.483. The average Bonchev–Trinajstić information content (AvgIpc) is 2.83. The molecule has 0 spiro atoms. The molecular formula is C15H12ClFN2O2. The summed E-state index contributed by atoms with van der Waals surface area (Å²) < 4.78 is 13.2. The zero-order valence-corrected chi connectivity index (χ0v) is 11.7. The predicted octanol–water partition coefficient (Wildman–Crippen LogP) is 4.49. The van der Waals surface area contributed by atoms with Gasteiger partial charge in [-0.2, -0.15) is 0 Å². The first kappa shape index (κ1) is 13.8. The fourth-order valence-corrected chi connectivity index (χ4v) is 2.89. The van der Waals surface area contributed by atoms with Crippen LogP contribution < -0.4 is 5.32 Å². The molecule has 0 aliphatic heterocycles. The van der Waals surface area contributed by atoms with Gasteiger partial charge in [-0.15, -0.1) is 0 Å². The summed E-state index contributed by atoms with van der Waals surface area (Å²) >= 11 is 6.08. The second kappa shape index (κ2) is 5.33. The maximum absolute atomic E-state index is 13.2. The number of anilines is 1. The quantitative estimate of drug-likeness (QED) is 0.671. The molecule has 1 unspecified atom stereocenters. The van der Waals surface area contributed by atoms with Crippen LogP contribution in [-0.2, 0) is 6.42 Å². The molecule has 0 bridgehead atoms. The Bertz CT molecular complexity index is 721. The molecule has 0 amide bonds. The van der Waals surface area contributed by atoms with Crippen LogP contribution in [0.5, 0.6) is 0 Å². The van der Waals surface area contributed by atoms with Gasteiger partial charge in [-0.25, -0.2) is 4.39 Å². The number of nitrogens with zero attached hydrogens (tertiary/aromatic N) is 1. The molecule has 4 nitrogen and oxygen atoms in total. The highest BCUT2D eigenvalue weighted by Gasteiger charge is 2.23. The largest absolute Gasteiger partial charge is 0.377 e. The second-order valence-corrected chi connectivity index (χ2v) is 5.41. The number of nitro groups is 1. The van der Waals surface area contributed by atoms with E-state index in [4.69, 9.17) is 11.6 Å². The normalized spacial score (nSPS) is 16.6. The van der Waals surface area contributed by atoms with E-state index < -0.39 is 4.92 Å². The summed E-state index contributed by atoms with van der Waals surface area (Å²) in [7, 11) is 0. The number of hydrogen-bond acceptors (Lipinski definition) is 3. The molecule has 1 atom stereocenters. The fraction of sp³-hybridized carbons (Fsp3) is 0.200. The van der Waals surface area contributed by atoms with Gasteiger partial charge < -0.3 is 5.32 Å². The first-order valence-corrected chi connectivity index (χ1v) is 6.91. The Kier molecular flexibility index (Phi) is 3.51. The predicted molar refractivity (Wildman–Crippen MR) is 79.2 cm³/mol. The van der Waals surface area contributed by atoms with Gasteiger partial charge in [-0.05, 0) is 42.2 Å². The first-order valence-electron chi connectivity index (χ1n) is 6.53. The van der Waals surface area contributed by atoms with Crippen molar-refractivity contribution in [1.29, 1.82) is 0 Å². The van der Waals surface area contributed by atoms with Crippen LogP contribution in [0.15, 0.2) is 36.4 Å². The highest BCUT2D eigenvalue weighted by molar-refractivity contribution is 6.33. The van der Waals surface area contributed by atoms with E-state index in [1.165, 1.54) is 18.2 Å². The van der Waals surface area contributed by atoms with E-state index in [-0.39, 0.29) is 17.5 Å². The number of rotatable bonds is 3. The highest BCUT2D eigenvalue weighted by atomic mass is 35.5. The lowest BCUT2D eigenvalue weighted by Gasteiger charge is -2.16. The Hall–Kier alpha value is -2.14. The van der Waals surface area contributed by atoms with E-state index in [1.807, 2.05) is 0 Å². The molecule has 0 saturated carbocycles. The number of hydrogen-bond donors (Lipinski definition) is 1. The number of non-ortho nitro benzene ring substituents is 1. The van der Waals surface area contributed by atoms with Gasteiger partial charge >= 0.3 is 0 Å². The average molecular weight is 307 g/mol. The van der Waals surface area contributed by atoms with Crippen LogP contribution in [-0.4, -0.2) is 4.92 Å². The molecule has 1 aliphatic rings. The molecule has 21 heavy (non-hydrogen) atoms. The molecule has 0 fully saturated rings. The third-order valence-electron chi connectivity index (χ3n) is 3.68. The minimum Gasteiger partial charge on any atom is -0.377 e. The molecule has 0 saturated heterocycles. The zero-order valence-electron chi connectivity index (χ0n) is 11.0. The van der Waals surface area contributed by atoms with Gasteiger partial charge in [-0.3, -0.25) is 10.1 Å². The Balaban J connectivity index is 1.84. The van der Waals surface area contributed by atoms with Crippen molar-refractivity contribution in [3.63, 3.8) is 0 Å². The van der Waals surface area contributed by atoms with Crippen LogP contribution in [0.25, 0.3) is 0 Å². The first-order chi connectivity index (χ1) is 10.0. The highest BCUT2D eigenvalue weighted by Crippen LogP contribution is 2.36. The summed E-state index contributed by atoms with van der Waals surface area (Å²) in [6, 6.07) is 9.14. The summed E-state index contributed by atoms with van der Waals surface area (Å²) in [5.41, 5.74) is 2.64. The Labute approximate surface area is 125 Å². The van der Waals surface area contributed by atoms with Gasteiger partial charge in [0.15, 0.2) is 0 Å². The van der Waals surface area contributed by atoms with E-state index in [9.17, 15) is 14.5 Å². The Morgan fingerprint density at radius 2 is 2.10 bits per heavy atom. The third kappa shape index (κ3) is 2.69. The van der Waals surface area contributed by atoms with Crippen LogP contribution in [0.2, 0.25) is 5.02 Å². The fourth-order valence-electron chi connectivity index (χ4n) is 2.66. The summed E-state index contributed by atoms with van der Waals surface area (Å²) in [4.78, 5) is 10.2. The van der Waals surface area contributed by atoms with Crippen LogP contribution in [0.4, 0.5) is 15.8 Å². The standard InChI is InChI=1S/C15H12ClFN2O2/c16-13-8-11(19(20)21)3-6-15(13)18-14-5-1-9-7-10(17)2-4-12(9)14/h2-4,6-8,14,18H,1,5H2. The van der Waals surface area contributed by atoms with Crippen molar-refractivity contribution in [3.05, 3.63) is 68.5 Å². The number of aryl methyl sites for hydroxylation is 1. The van der Waals surface area contributed by atoms with Crippen LogP contribution in [0.1, 0.15) is 23.6 Å². The lowest BCUT2D eigenvalue weighted by molar-refractivity contribution is -0.384. The maximum atomic E-state index is 13.2. The molecule has 0 radical (unpaired) electrons. The van der Waals surface area contributed by atoms with Crippen LogP contribution in [0.3, 0.4) is 0 Å². The lowest BCUT2D eigenvalue weighted by Crippen LogP contribution is -2.07. The molecule has 0 aromatic heterocycles. The molecule has 1 aliphatic carbocycles. The number of nitrogens with one attached hydrogen (secondary N) is 1. The van der Waals surface area contributed by atoms with Gasteiger partial charge in [0.25, 0.3) is 5.69 Å². The smallest absolute Gasteiger partial charge is 0.271 e. The third-order valence-corrected chi connectivity index (χ3v) is 3.99. The molecule has 2 aromatic rings. The van der Waals surface area contributed by atoms with E-state index >= 15 is 0 Å². The molecule has 2 aromatic carbocycles. The number of fused-ring (bicyclic) bond motifs is 1.